The minimum atomic E-state index is -0.147. The number of benzene rings is 1. The summed E-state index contributed by atoms with van der Waals surface area (Å²) < 4.78 is 0. The Hall–Kier alpha value is -2.89. The van der Waals surface area contributed by atoms with Crippen LogP contribution in [0, 0.1) is 0 Å². The molecule has 0 spiro atoms. The van der Waals surface area contributed by atoms with Gasteiger partial charge in [0.2, 0.25) is 5.91 Å². The number of carbonyl (C=O) groups is 1. The number of nitrogens with one attached hydrogen (secondary N) is 3. The molecule has 0 saturated carbocycles. The van der Waals surface area contributed by atoms with E-state index in [2.05, 4.69) is 64.0 Å². The van der Waals surface area contributed by atoms with Gasteiger partial charge in [0.1, 0.15) is 0 Å². The number of hydrogen-bond acceptors (Lipinski definition) is 3. The first-order chi connectivity index (χ1) is 13.1. The molecule has 3 N–H and O–H groups in total. The molecule has 1 amide bonds. The lowest BCUT2D eigenvalue weighted by Crippen LogP contribution is -2.47. The molecular formula is C21H29N5O. The van der Waals surface area contributed by atoms with Gasteiger partial charge in [0.25, 0.3) is 0 Å². The van der Waals surface area contributed by atoms with E-state index in [1.807, 2.05) is 6.07 Å². The lowest BCUT2D eigenvalue weighted by atomic mass is 9.76. The summed E-state index contributed by atoms with van der Waals surface area (Å²) in [4.78, 5) is 20.3. The minimum absolute atomic E-state index is 0.0246. The summed E-state index contributed by atoms with van der Waals surface area (Å²) in [6, 6.07) is 14.1. The minimum Gasteiger partial charge on any atom is -0.356 e. The van der Waals surface area contributed by atoms with Crippen LogP contribution in [0.1, 0.15) is 32.3 Å². The molecule has 1 aromatic heterocycles. The SMILES string of the molecule is CCC(CC)(CNC(=NC)NCC(=O)Nc1cccnc1)c1ccccc1. The van der Waals surface area contributed by atoms with Crippen molar-refractivity contribution in [3.8, 4) is 0 Å². The second-order valence-corrected chi connectivity index (χ2v) is 6.42. The number of guanidine groups is 1. The van der Waals surface area contributed by atoms with Crippen molar-refractivity contribution >= 4 is 17.6 Å². The van der Waals surface area contributed by atoms with Crippen LogP contribution < -0.4 is 16.0 Å². The van der Waals surface area contributed by atoms with Crippen molar-refractivity contribution in [2.75, 3.05) is 25.5 Å². The van der Waals surface area contributed by atoms with Crippen LogP contribution in [0.3, 0.4) is 0 Å². The predicted molar refractivity (Wildman–Crippen MR) is 111 cm³/mol. The average Bonchev–Trinajstić information content (AvgIpc) is 2.72. The zero-order valence-electron chi connectivity index (χ0n) is 16.3. The molecule has 0 radical (unpaired) electrons. The largest absolute Gasteiger partial charge is 0.356 e. The monoisotopic (exact) mass is 367 g/mol. The predicted octanol–water partition coefficient (Wildman–Crippen LogP) is 2.94. The molecule has 0 aliphatic heterocycles. The molecule has 1 aromatic carbocycles. The second kappa shape index (κ2) is 10.3. The number of anilines is 1. The van der Waals surface area contributed by atoms with Crippen LogP contribution in [-0.4, -0.2) is 37.0 Å². The average molecular weight is 367 g/mol. The Balaban J connectivity index is 1.91. The van der Waals surface area contributed by atoms with Crippen molar-refractivity contribution in [3.63, 3.8) is 0 Å². The summed E-state index contributed by atoms with van der Waals surface area (Å²) in [5, 5.41) is 9.24. The number of nitrogens with zero attached hydrogens (tertiary/aromatic N) is 2. The van der Waals surface area contributed by atoms with Gasteiger partial charge < -0.3 is 16.0 Å². The quantitative estimate of drug-likeness (QED) is 0.495. The van der Waals surface area contributed by atoms with Crippen molar-refractivity contribution in [3.05, 3.63) is 60.4 Å². The standard InChI is InChI=1S/C21H29N5O/c1-4-21(5-2,17-10-7-6-8-11-17)16-25-20(22-3)24-15-19(27)26-18-12-9-13-23-14-18/h6-14H,4-5,15-16H2,1-3H3,(H,26,27)(H2,22,24,25). The Morgan fingerprint density at radius 1 is 1.07 bits per heavy atom. The van der Waals surface area contributed by atoms with Gasteiger partial charge in [-0.05, 0) is 30.5 Å². The highest BCUT2D eigenvalue weighted by Gasteiger charge is 2.28. The third kappa shape index (κ3) is 5.81. The Bertz CT molecular complexity index is 727. The fourth-order valence-corrected chi connectivity index (χ4v) is 3.08. The first-order valence-electron chi connectivity index (χ1n) is 9.33. The van der Waals surface area contributed by atoms with Crippen LogP contribution in [0.15, 0.2) is 59.9 Å². The maximum absolute atomic E-state index is 12.1. The number of aromatic nitrogens is 1. The van der Waals surface area contributed by atoms with Gasteiger partial charge in [-0.25, -0.2) is 0 Å². The van der Waals surface area contributed by atoms with Crippen LogP contribution in [0.4, 0.5) is 5.69 Å². The highest BCUT2D eigenvalue weighted by Crippen LogP contribution is 2.30. The van der Waals surface area contributed by atoms with Crippen LogP contribution >= 0.6 is 0 Å². The molecule has 0 saturated heterocycles. The van der Waals surface area contributed by atoms with Gasteiger partial charge >= 0.3 is 0 Å². The molecule has 0 unspecified atom stereocenters. The van der Waals surface area contributed by atoms with Gasteiger partial charge in [-0.1, -0.05) is 44.2 Å². The number of rotatable bonds is 8. The zero-order chi connectivity index (χ0) is 19.5. The van der Waals surface area contributed by atoms with Gasteiger partial charge in [-0.3, -0.25) is 14.8 Å². The van der Waals surface area contributed by atoms with Gasteiger partial charge in [-0.2, -0.15) is 0 Å². The zero-order valence-corrected chi connectivity index (χ0v) is 16.3. The Kier molecular flexibility index (Phi) is 7.79. The summed E-state index contributed by atoms with van der Waals surface area (Å²) in [7, 11) is 1.70. The highest BCUT2D eigenvalue weighted by atomic mass is 16.1. The fourth-order valence-electron chi connectivity index (χ4n) is 3.08. The second-order valence-electron chi connectivity index (χ2n) is 6.42. The number of pyridine rings is 1. The normalized spacial score (nSPS) is 11.7. The van der Waals surface area contributed by atoms with E-state index in [4.69, 9.17) is 0 Å². The smallest absolute Gasteiger partial charge is 0.243 e. The van der Waals surface area contributed by atoms with Gasteiger partial charge in [0.05, 0.1) is 18.4 Å². The number of carbonyl (C=O) groups excluding carboxylic acids is 1. The summed E-state index contributed by atoms with van der Waals surface area (Å²) in [6.45, 7) is 5.28. The van der Waals surface area contributed by atoms with Gasteiger partial charge in [0.15, 0.2) is 5.96 Å². The number of amides is 1. The van der Waals surface area contributed by atoms with E-state index in [1.165, 1.54) is 5.56 Å². The lowest BCUT2D eigenvalue weighted by molar-refractivity contribution is -0.115. The Morgan fingerprint density at radius 2 is 1.81 bits per heavy atom. The molecule has 144 valence electrons. The molecule has 6 heteroatoms. The summed E-state index contributed by atoms with van der Waals surface area (Å²) in [6.07, 6.45) is 5.31. The topological polar surface area (TPSA) is 78.4 Å². The van der Waals surface area contributed by atoms with Gasteiger partial charge in [0, 0.05) is 25.2 Å². The fraction of sp³-hybridized carbons (Fsp3) is 0.381. The molecule has 2 aromatic rings. The summed E-state index contributed by atoms with van der Waals surface area (Å²) >= 11 is 0. The molecule has 0 fully saturated rings. The van der Waals surface area contributed by atoms with Crippen molar-refractivity contribution < 1.29 is 4.79 Å². The van der Waals surface area contributed by atoms with E-state index >= 15 is 0 Å². The van der Waals surface area contributed by atoms with Crippen LogP contribution in [-0.2, 0) is 10.2 Å². The van der Waals surface area contributed by atoms with Crippen LogP contribution in [0.5, 0.6) is 0 Å². The van der Waals surface area contributed by atoms with Crippen LogP contribution in [0.2, 0.25) is 0 Å². The van der Waals surface area contributed by atoms with E-state index in [1.54, 1.807) is 31.6 Å². The maximum Gasteiger partial charge on any atom is 0.243 e. The van der Waals surface area contributed by atoms with E-state index in [0.29, 0.717) is 11.6 Å². The Labute approximate surface area is 161 Å². The van der Waals surface area contributed by atoms with Crippen molar-refractivity contribution in [2.45, 2.75) is 32.1 Å². The first kappa shape index (κ1) is 20.4. The van der Waals surface area contributed by atoms with E-state index < -0.39 is 0 Å². The van der Waals surface area contributed by atoms with E-state index in [-0.39, 0.29) is 17.9 Å². The summed E-state index contributed by atoms with van der Waals surface area (Å²) in [5.74, 6) is 0.463. The first-order valence-corrected chi connectivity index (χ1v) is 9.33. The number of aliphatic imine (C=N–C) groups is 1. The third-order valence-electron chi connectivity index (χ3n) is 4.92. The Morgan fingerprint density at radius 3 is 2.41 bits per heavy atom. The summed E-state index contributed by atoms with van der Waals surface area (Å²) in [5.41, 5.74) is 2.01. The van der Waals surface area contributed by atoms with Crippen molar-refractivity contribution in [1.82, 2.24) is 15.6 Å². The molecule has 0 bridgehead atoms. The number of hydrogen-bond donors (Lipinski definition) is 3. The lowest BCUT2D eigenvalue weighted by Gasteiger charge is -2.33. The molecule has 1 heterocycles. The molecule has 0 aliphatic rings. The molecule has 27 heavy (non-hydrogen) atoms. The van der Waals surface area contributed by atoms with Crippen molar-refractivity contribution in [1.29, 1.82) is 0 Å². The molecule has 2 rings (SSSR count). The molecule has 0 aliphatic carbocycles. The highest BCUT2D eigenvalue weighted by molar-refractivity contribution is 5.94. The van der Waals surface area contributed by atoms with Crippen molar-refractivity contribution in [2.24, 2.45) is 4.99 Å². The van der Waals surface area contributed by atoms with E-state index in [0.717, 1.165) is 19.4 Å². The van der Waals surface area contributed by atoms with E-state index in [9.17, 15) is 4.79 Å². The van der Waals surface area contributed by atoms with Gasteiger partial charge in [-0.15, -0.1) is 0 Å². The molecule has 0 atom stereocenters. The maximum atomic E-state index is 12.1. The van der Waals surface area contributed by atoms with Crippen LogP contribution in [0.25, 0.3) is 0 Å². The molecular weight excluding hydrogens is 338 g/mol. The third-order valence-corrected chi connectivity index (χ3v) is 4.92. The molecule has 6 nitrogen and oxygen atoms in total.